The Bertz CT molecular complexity index is 1320. The Hall–Kier alpha value is -3.28. The van der Waals surface area contributed by atoms with Crippen molar-refractivity contribution in [1.29, 1.82) is 5.26 Å². The molecule has 0 radical (unpaired) electrons. The number of imidazole rings is 1. The summed E-state index contributed by atoms with van der Waals surface area (Å²) in [5, 5.41) is 29.6. The Kier molecular flexibility index (Phi) is 5.48. The fourth-order valence-electron chi connectivity index (χ4n) is 3.05. The first kappa shape index (κ1) is 20.0. The number of benzene rings is 2. The smallest absolute Gasteiger partial charge is 0.196 e. The highest BCUT2D eigenvalue weighted by molar-refractivity contribution is 7.99. The molecule has 0 spiro atoms. The van der Waals surface area contributed by atoms with Gasteiger partial charge in [0.15, 0.2) is 11.0 Å². The maximum atomic E-state index is 10.7. The average molecular weight is 437 g/mol. The van der Waals surface area contributed by atoms with Gasteiger partial charge in [0, 0.05) is 12.1 Å². The van der Waals surface area contributed by atoms with Gasteiger partial charge >= 0.3 is 0 Å². The van der Waals surface area contributed by atoms with E-state index in [9.17, 15) is 10.4 Å². The molecule has 0 saturated heterocycles. The SMILES string of the molecule is Cc1ccc(-n2cnnc2SC/C(O)=C(\C#N)c2nc3ccccc3n2C)cc1Cl. The first-order valence-corrected chi connectivity index (χ1v) is 10.4. The summed E-state index contributed by atoms with van der Waals surface area (Å²) < 4.78 is 3.58. The van der Waals surface area contributed by atoms with E-state index in [1.54, 1.807) is 15.5 Å². The molecular formula is C21H17ClN6OS. The van der Waals surface area contributed by atoms with E-state index >= 15 is 0 Å². The van der Waals surface area contributed by atoms with E-state index in [4.69, 9.17) is 11.6 Å². The van der Waals surface area contributed by atoms with Crippen LogP contribution in [-0.4, -0.2) is 35.2 Å². The molecule has 4 rings (SSSR count). The molecule has 4 aromatic rings. The van der Waals surface area contributed by atoms with Crippen LogP contribution in [0, 0.1) is 18.3 Å². The maximum absolute atomic E-state index is 10.7. The largest absolute Gasteiger partial charge is 0.510 e. The molecule has 2 aromatic heterocycles. The number of halogens is 1. The topological polar surface area (TPSA) is 92.5 Å². The first-order chi connectivity index (χ1) is 14.5. The Morgan fingerprint density at radius 3 is 2.80 bits per heavy atom. The van der Waals surface area contributed by atoms with Crippen molar-refractivity contribution in [2.75, 3.05) is 5.75 Å². The molecule has 1 N–H and O–H groups in total. The molecule has 7 nitrogen and oxygen atoms in total. The van der Waals surface area contributed by atoms with Gasteiger partial charge in [0.25, 0.3) is 0 Å². The number of rotatable bonds is 5. The van der Waals surface area contributed by atoms with E-state index in [-0.39, 0.29) is 17.1 Å². The number of para-hydroxylation sites is 2. The molecule has 0 aliphatic rings. The number of aliphatic hydroxyl groups excluding tert-OH is 1. The van der Waals surface area contributed by atoms with Gasteiger partial charge in [-0.2, -0.15) is 5.26 Å². The molecule has 2 aromatic carbocycles. The van der Waals surface area contributed by atoms with Crippen molar-refractivity contribution in [2.24, 2.45) is 7.05 Å². The molecule has 150 valence electrons. The van der Waals surface area contributed by atoms with Crippen LogP contribution >= 0.6 is 23.4 Å². The van der Waals surface area contributed by atoms with Crippen molar-refractivity contribution in [2.45, 2.75) is 12.1 Å². The van der Waals surface area contributed by atoms with Crippen molar-refractivity contribution < 1.29 is 5.11 Å². The molecule has 0 bridgehead atoms. The summed E-state index contributed by atoms with van der Waals surface area (Å²) in [6, 6.07) is 15.3. The van der Waals surface area contributed by atoms with E-state index in [1.807, 2.05) is 56.4 Å². The Morgan fingerprint density at radius 2 is 2.07 bits per heavy atom. The second-order valence-corrected chi connectivity index (χ2v) is 7.97. The summed E-state index contributed by atoms with van der Waals surface area (Å²) in [6.07, 6.45) is 1.58. The molecule has 0 saturated carbocycles. The van der Waals surface area contributed by atoms with Crippen LogP contribution < -0.4 is 0 Å². The van der Waals surface area contributed by atoms with Gasteiger partial charge in [0.05, 0.1) is 22.5 Å². The molecule has 30 heavy (non-hydrogen) atoms. The number of aliphatic hydroxyl groups is 1. The lowest BCUT2D eigenvalue weighted by molar-refractivity contribution is 0.420. The van der Waals surface area contributed by atoms with Gasteiger partial charge < -0.3 is 9.67 Å². The van der Waals surface area contributed by atoms with Gasteiger partial charge in [-0.3, -0.25) is 4.57 Å². The third kappa shape index (κ3) is 3.65. The number of hydrogen-bond acceptors (Lipinski definition) is 6. The van der Waals surface area contributed by atoms with Crippen LogP contribution in [0.3, 0.4) is 0 Å². The molecular weight excluding hydrogens is 420 g/mol. The molecule has 0 fully saturated rings. The minimum atomic E-state index is -0.0719. The van der Waals surface area contributed by atoms with Gasteiger partial charge in [-0.15, -0.1) is 10.2 Å². The number of nitriles is 1. The minimum Gasteiger partial charge on any atom is -0.510 e. The number of nitrogens with zero attached hydrogens (tertiary/aromatic N) is 6. The summed E-state index contributed by atoms with van der Waals surface area (Å²) >= 11 is 7.50. The number of hydrogen-bond donors (Lipinski definition) is 1. The van der Waals surface area contributed by atoms with Gasteiger partial charge in [-0.1, -0.05) is 41.6 Å². The first-order valence-electron chi connectivity index (χ1n) is 9.03. The third-order valence-corrected chi connectivity index (χ3v) is 6.06. The normalized spacial score (nSPS) is 12.1. The van der Waals surface area contributed by atoms with Crippen molar-refractivity contribution >= 4 is 40.0 Å². The summed E-state index contributed by atoms with van der Waals surface area (Å²) in [5.74, 6) is 0.491. The van der Waals surface area contributed by atoms with Crippen molar-refractivity contribution in [3.8, 4) is 11.8 Å². The molecule has 0 aliphatic carbocycles. The zero-order valence-electron chi connectivity index (χ0n) is 16.2. The second kappa shape index (κ2) is 8.22. The number of aryl methyl sites for hydroxylation is 2. The van der Waals surface area contributed by atoms with Gasteiger partial charge in [0.1, 0.15) is 23.7 Å². The highest BCUT2D eigenvalue weighted by atomic mass is 35.5. The quantitative estimate of drug-likeness (QED) is 0.277. The molecule has 0 amide bonds. The number of allylic oxidation sites excluding steroid dienone is 1. The fraction of sp³-hybridized carbons (Fsp3) is 0.143. The maximum Gasteiger partial charge on any atom is 0.196 e. The van der Waals surface area contributed by atoms with Crippen LogP contribution in [-0.2, 0) is 7.05 Å². The predicted octanol–water partition coefficient (Wildman–Crippen LogP) is 4.70. The molecule has 0 atom stereocenters. The van der Waals surface area contributed by atoms with E-state index in [0.29, 0.717) is 16.0 Å². The summed E-state index contributed by atoms with van der Waals surface area (Å²) in [5.41, 5.74) is 3.57. The summed E-state index contributed by atoms with van der Waals surface area (Å²) in [4.78, 5) is 4.50. The average Bonchev–Trinajstić information content (AvgIpc) is 3.34. The van der Waals surface area contributed by atoms with Crippen LogP contribution in [0.2, 0.25) is 5.02 Å². The van der Waals surface area contributed by atoms with Crippen molar-refractivity contribution in [1.82, 2.24) is 24.3 Å². The molecule has 2 heterocycles. The Labute approximate surface area is 182 Å². The number of thioether (sulfide) groups is 1. The third-order valence-electron chi connectivity index (χ3n) is 4.70. The zero-order valence-corrected chi connectivity index (χ0v) is 17.8. The van der Waals surface area contributed by atoms with Gasteiger partial charge in [-0.25, -0.2) is 4.98 Å². The Balaban J connectivity index is 1.62. The fourth-order valence-corrected chi connectivity index (χ4v) is 4.03. The van der Waals surface area contributed by atoms with Crippen LogP contribution in [0.25, 0.3) is 22.3 Å². The van der Waals surface area contributed by atoms with Crippen LogP contribution in [0.1, 0.15) is 11.4 Å². The van der Waals surface area contributed by atoms with Gasteiger partial charge in [-0.05, 0) is 36.8 Å². The Morgan fingerprint density at radius 1 is 1.27 bits per heavy atom. The van der Waals surface area contributed by atoms with Crippen molar-refractivity contribution in [3.63, 3.8) is 0 Å². The predicted molar refractivity (Wildman–Crippen MR) is 118 cm³/mol. The van der Waals surface area contributed by atoms with Crippen LogP contribution in [0.4, 0.5) is 0 Å². The van der Waals surface area contributed by atoms with E-state index in [1.165, 1.54) is 11.8 Å². The van der Waals surface area contributed by atoms with E-state index in [2.05, 4.69) is 21.3 Å². The summed E-state index contributed by atoms with van der Waals surface area (Å²) in [6.45, 7) is 1.93. The number of aromatic nitrogens is 5. The van der Waals surface area contributed by atoms with Gasteiger partial charge in [0.2, 0.25) is 0 Å². The second-order valence-electron chi connectivity index (χ2n) is 6.62. The van der Waals surface area contributed by atoms with E-state index in [0.717, 1.165) is 22.3 Å². The number of fused-ring (bicyclic) bond motifs is 1. The highest BCUT2D eigenvalue weighted by Gasteiger charge is 2.17. The standard InChI is InChI=1S/C21H17ClN6OS/c1-13-7-8-14(9-16(13)22)28-12-24-26-21(28)30-11-19(29)15(10-23)20-25-17-5-3-4-6-18(17)27(20)2/h3-9,12,29H,11H2,1-2H3/b19-15-. The van der Waals surface area contributed by atoms with Crippen LogP contribution in [0.5, 0.6) is 0 Å². The lowest BCUT2D eigenvalue weighted by Gasteiger charge is -2.08. The van der Waals surface area contributed by atoms with Crippen molar-refractivity contribution in [3.05, 3.63) is 71.0 Å². The lowest BCUT2D eigenvalue weighted by Crippen LogP contribution is -2.02. The molecule has 0 aliphatic heterocycles. The molecule has 0 unspecified atom stereocenters. The molecule has 9 heteroatoms. The summed E-state index contributed by atoms with van der Waals surface area (Å²) in [7, 11) is 1.82. The monoisotopic (exact) mass is 436 g/mol. The van der Waals surface area contributed by atoms with Crippen LogP contribution in [0.15, 0.2) is 59.7 Å². The highest BCUT2D eigenvalue weighted by Crippen LogP contribution is 2.27. The lowest BCUT2D eigenvalue weighted by atomic mass is 10.2. The van der Waals surface area contributed by atoms with E-state index < -0.39 is 0 Å². The zero-order chi connectivity index (χ0) is 21.3. The minimum absolute atomic E-state index is 0.0719.